The van der Waals surface area contributed by atoms with Crippen molar-refractivity contribution in [1.82, 2.24) is 4.90 Å². The van der Waals surface area contributed by atoms with Crippen molar-refractivity contribution in [2.75, 3.05) is 25.6 Å². The lowest BCUT2D eigenvalue weighted by molar-refractivity contribution is -0.130. The van der Waals surface area contributed by atoms with Gasteiger partial charge >= 0.3 is 5.97 Å². The lowest BCUT2D eigenvalue weighted by Crippen LogP contribution is -2.40. The van der Waals surface area contributed by atoms with Crippen molar-refractivity contribution in [3.8, 4) is 0 Å². The van der Waals surface area contributed by atoms with Crippen LogP contribution in [0.1, 0.15) is 22.8 Å². The molecule has 0 fully saturated rings. The van der Waals surface area contributed by atoms with Gasteiger partial charge in [-0.15, -0.1) is 0 Å². The Hall–Kier alpha value is -3.15. The van der Waals surface area contributed by atoms with Gasteiger partial charge in [0, 0.05) is 26.2 Å². The van der Waals surface area contributed by atoms with Crippen molar-refractivity contribution >= 4 is 23.5 Å². The molecule has 0 aromatic heterocycles. The fourth-order valence-corrected chi connectivity index (χ4v) is 2.48. The maximum Gasteiger partial charge on any atom is 0.337 e. The van der Waals surface area contributed by atoms with Crippen LogP contribution in [0.25, 0.3) is 0 Å². The standard InChI is InChI=1S/C20H22N2O4/c1-15(23)22(18-11-9-17(10-12-18)20(25)26-3)14-19(24)21(2)13-16-7-5-4-6-8-16/h4-12H,13-14H2,1-3H3. The van der Waals surface area contributed by atoms with Crippen LogP contribution in [0.15, 0.2) is 54.6 Å². The van der Waals surface area contributed by atoms with Gasteiger partial charge in [0.1, 0.15) is 6.54 Å². The number of amides is 2. The summed E-state index contributed by atoms with van der Waals surface area (Å²) in [6.07, 6.45) is 0. The number of hydrogen-bond donors (Lipinski definition) is 0. The topological polar surface area (TPSA) is 66.9 Å². The number of likely N-dealkylation sites (N-methyl/N-ethyl adjacent to an activating group) is 1. The Balaban J connectivity index is 2.08. The quantitative estimate of drug-likeness (QED) is 0.748. The molecule has 0 bridgehead atoms. The van der Waals surface area contributed by atoms with Gasteiger partial charge in [0.25, 0.3) is 0 Å². The summed E-state index contributed by atoms with van der Waals surface area (Å²) in [5, 5.41) is 0. The highest BCUT2D eigenvalue weighted by molar-refractivity contribution is 5.98. The highest BCUT2D eigenvalue weighted by Gasteiger charge is 2.19. The molecule has 2 rings (SSSR count). The molecule has 0 aliphatic carbocycles. The SMILES string of the molecule is COC(=O)c1ccc(N(CC(=O)N(C)Cc2ccccc2)C(C)=O)cc1. The Labute approximate surface area is 153 Å². The number of rotatable bonds is 6. The molecule has 0 saturated carbocycles. The number of methoxy groups -OCH3 is 1. The summed E-state index contributed by atoms with van der Waals surface area (Å²) in [5.41, 5.74) is 1.94. The number of carbonyl (C=O) groups excluding carboxylic acids is 3. The molecular weight excluding hydrogens is 332 g/mol. The second-order valence-corrected chi connectivity index (χ2v) is 5.88. The number of benzene rings is 2. The molecule has 0 aliphatic rings. The van der Waals surface area contributed by atoms with E-state index in [0.717, 1.165) is 5.56 Å². The first-order valence-electron chi connectivity index (χ1n) is 8.16. The van der Waals surface area contributed by atoms with Gasteiger partial charge in [-0.2, -0.15) is 0 Å². The summed E-state index contributed by atoms with van der Waals surface area (Å²) in [7, 11) is 3.01. The molecule has 0 heterocycles. The van der Waals surface area contributed by atoms with Crippen LogP contribution < -0.4 is 4.90 Å². The minimum atomic E-state index is -0.454. The Morgan fingerprint density at radius 2 is 1.58 bits per heavy atom. The molecule has 0 spiro atoms. The highest BCUT2D eigenvalue weighted by atomic mass is 16.5. The molecule has 0 unspecified atom stereocenters. The molecular formula is C20H22N2O4. The van der Waals surface area contributed by atoms with Gasteiger partial charge in [0.05, 0.1) is 12.7 Å². The summed E-state index contributed by atoms with van der Waals surface area (Å²) in [6, 6.07) is 16.0. The molecule has 0 saturated heterocycles. The van der Waals surface area contributed by atoms with Crippen molar-refractivity contribution in [2.24, 2.45) is 0 Å². The molecule has 2 amide bonds. The number of nitrogens with zero attached hydrogens (tertiary/aromatic N) is 2. The molecule has 0 atom stereocenters. The Morgan fingerprint density at radius 3 is 2.12 bits per heavy atom. The fraction of sp³-hybridized carbons (Fsp3) is 0.250. The van der Waals surface area contributed by atoms with Crippen molar-refractivity contribution in [2.45, 2.75) is 13.5 Å². The third-order valence-electron chi connectivity index (χ3n) is 3.96. The second-order valence-electron chi connectivity index (χ2n) is 5.88. The Bertz CT molecular complexity index is 772. The maximum atomic E-state index is 12.5. The van der Waals surface area contributed by atoms with Crippen molar-refractivity contribution in [3.63, 3.8) is 0 Å². The summed E-state index contributed by atoms with van der Waals surface area (Å²) in [4.78, 5) is 39.0. The van der Waals surface area contributed by atoms with Crippen molar-refractivity contribution in [1.29, 1.82) is 0 Å². The van der Waals surface area contributed by atoms with Crippen LogP contribution in [-0.4, -0.2) is 43.4 Å². The van der Waals surface area contributed by atoms with Crippen LogP contribution in [0, 0.1) is 0 Å². The zero-order chi connectivity index (χ0) is 19.1. The molecule has 0 N–H and O–H groups in total. The summed E-state index contributed by atoms with van der Waals surface area (Å²) >= 11 is 0. The summed E-state index contributed by atoms with van der Waals surface area (Å²) in [5.74, 6) is -0.886. The first-order valence-corrected chi connectivity index (χ1v) is 8.16. The average molecular weight is 354 g/mol. The third kappa shape index (κ3) is 4.92. The molecule has 0 radical (unpaired) electrons. The van der Waals surface area contributed by atoms with Crippen molar-refractivity contribution < 1.29 is 19.1 Å². The van der Waals surface area contributed by atoms with Gasteiger partial charge in [-0.25, -0.2) is 4.79 Å². The number of ether oxygens (including phenoxy) is 1. The predicted octanol–water partition coefficient (Wildman–Crippen LogP) is 2.48. The van der Waals surface area contributed by atoms with E-state index >= 15 is 0 Å². The molecule has 6 nitrogen and oxygen atoms in total. The molecule has 2 aromatic carbocycles. The molecule has 6 heteroatoms. The van der Waals surface area contributed by atoms with Gasteiger partial charge in [0.15, 0.2) is 0 Å². The lowest BCUT2D eigenvalue weighted by atomic mass is 10.2. The molecule has 2 aromatic rings. The second kappa shape index (κ2) is 8.80. The van der Waals surface area contributed by atoms with Crippen LogP contribution >= 0.6 is 0 Å². The fourth-order valence-electron chi connectivity index (χ4n) is 2.48. The van der Waals surface area contributed by atoms with Gasteiger partial charge in [-0.3, -0.25) is 9.59 Å². The number of carbonyl (C=O) groups is 3. The molecule has 0 aliphatic heterocycles. The smallest absolute Gasteiger partial charge is 0.337 e. The van der Waals surface area contributed by atoms with E-state index in [1.165, 1.54) is 18.9 Å². The van der Waals surface area contributed by atoms with Crippen LogP contribution in [0.3, 0.4) is 0 Å². The van der Waals surface area contributed by atoms with E-state index in [9.17, 15) is 14.4 Å². The minimum absolute atomic E-state index is 0.0732. The average Bonchev–Trinajstić information content (AvgIpc) is 2.66. The lowest BCUT2D eigenvalue weighted by Gasteiger charge is -2.24. The minimum Gasteiger partial charge on any atom is -0.465 e. The first-order chi connectivity index (χ1) is 12.4. The van der Waals surface area contributed by atoms with E-state index < -0.39 is 5.97 Å². The van der Waals surface area contributed by atoms with Crippen LogP contribution in [-0.2, 0) is 20.9 Å². The van der Waals surface area contributed by atoms with Gasteiger partial charge < -0.3 is 14.5 Å². The first kappa shape index (κ1) is 19.2. The van der Waals surface area contributed by atoms with Gasteiger partial charge in [0.2, 0.25) is 11.8 Å². The van der Waals surface area contributed by atoms with Crippen LogP contribution in [0.5, 0.6) is 0 Å². The van der Waals surface area contributed by atoms with E-state index in [1.54, 1.807) is 36.2 Å². The van der Waals surface area contributed by atoms with E-state index in [0.29, 0.717) is 17.8 Å². The Kier molecular flexibility index (Phi) is 6.49. The monoisotopic (exact) mass is 354 g/mol. The van der Waals surface area contributed by atoms with Gasteiger partial charge in [-0.05, 0) is 29.8 Å². The third-order valence-corrected chi connectivity index (χ3v) is 3.96. The molecule has 136 valence electrons. The summed E-state index contributed by atoms with van der Waals surface area (Å²) < 4.78 is 4.66. The number of esters is 1. The largest absolute Gasteiger partial charge is 0.465 e. The Morgan fingerprint density at radius 1 is 0.962 bits per heavy atom. The highest BCUT2D eigenvalue weighted by Crippen LogP contribution is 2.17. The van der Waals surface area contributed by atoms with Crippen LogP contribution in [0.2, 0.25) is 0 Å². The van der Waals surface area contributed by atoms with Gasteiger partial charge in [-0.1, -0.05) is 30.3 Å². The van der Waals surface area contributed by atoms with Crippen LogP contribution in [0.4, 0.5) is 5.69 Å². The summed E-state index contributed by atoms with van der Waals surface area (Å²) in [6.45, 7) is 1.79. The van der Waals surface area contributed by atoms with E-state index in [-0.39, 0.29) is 18.4 Å². The normalized spacial score (nSPS) is 10.1. The van der Waals surface area contributed by atoms with E-state index in [2.05, 4.69) is 4.74 Å². The number of hydrogen-bond acceptors (Lipinski definition) is 4. The van der Waals surface area contributed by atoms with E-state index in [4.69, 9.17) is 0 Å². The zero-order valence-electron chi connectivity index (χ0n) is 15.1. The predicted molar refractivity (Wildman–Crippen MR) is 98.7 cm³/mol. The zero-order valence-corrected chi connectivity index (χ0v) is 15.1. The maximum absolute atomic E-state index is 12.5. The molecule has 26 heavy (non-hydrogen) atoms. The number of anilines is 1. The van der Waals surface area contributed by atoms with Crippen molar-refractivity contribution in [3.05, 3.63) is 65.7 Å². The van der Waals surface area contributed by atoms with E-state index in [1.807, 2.05) is 30.3 Å².